The highest BCUT2D eigenvalue weighted by Crippen LogP contribution is 2.23. The van der Waals surface area contributed by atoms with Crippen molar-refractivity contribution in [3.8, 4) is 5.75 Å². The Morgan fingerprint density at radius 2 is 2.00 bits per heavy atom. The van der Waals surface area contributed by atoms with Crippen molar-refractivity contribution in [2.45, 2.75) is 33.1 Å². The molecule has 1 heterocycles. The van der Waals surface area contributed by atoms with Crippen molar-refractivity contribution in [3.05, 3.63) is 41.2 Å². The normalized spacial score (nSPS) is 11.3. The lowest BCUT2D eigenvalue weighted by molar-refractivity contribution is 0.276. The topological polar surface area (TPSA) is 65.4 Å². The van der Waals surface area contributed by atoms with Gasteiger partial charge in [-0.3, -0.25) is 0 Å². The molecule has 0 aliphatic rings. The van der Waals surface area contributed by atoms with Crippen LogP contribution in [0.2, 0.25) is 0 Å². The van der Waals surface area contributed by atoms with E-state index in [4.69, 9.17) is 10.5 Å². The molecule has 0 radical (unpaired) electrons. The number of imidazole rings is 1. The van der Waals surface area contributed by atoms with Gasteiger partial charge in [0, 0.05) is 5.56 Å². The summed E-state index contributed by atoms with van der Waals surface area (Å²) in [6.07, 6.45) is 5.66. The maximum Gasteiger partial charge on any atom is 0.221 e. The number of hydrogen-bond acceptors (Lipinski definition) is 4. The van der Waals surface area contributed by atoms with Gasteiger partial charge in [0.05, 0.1) is 24.7 Å². The summed E-state index contributed by atoms with van der Waals surface area (Å²) in [4.78, 5) is 3.98. The summed E-state index contributed by atoms with van der Waals surface area (Å²) < 4.78 is 34.4. The SMILES string of the molecule is CCCCCOc1c(F)cc(C=Nn2cc(C)nc2N)cc1F. The zero-order valence-corrected chi connectivity index (χ0v) is 13.2. The van der Waals surface area contributed by atoms with Crippen LogP contribution in [-0.4, -0.2) is 22.5 Å². The largest absolute Gasteiger partial charge is 0.488 e. The number of nitrogen functional groups attached to an aromatic ring is 1. The maximum atomic E-state index is 14.0. The molecule has 2 aromatic rings. The number of ether oxygens (including phenoxy) is 1. The van der Waals surface area contributed by atoms with Crippen LogP contribution in [0.25, 0.3) is 0 Å². The van der Waals surface area contributed by atoms with Crippen LogP contribution in [0.5, 0.6) is 5.75 Å². The first-order valence-electron chi connectivity index (χ1n) is 7.49. The third-order valence-electron chi connectivity index (χ3n) is 3.18. The number of rotatable bonds is 7. The highest BCUT2D eigenvalue weighted by molar-refractivity contribution is 5.80. The van der Waals surface area contributed by atoms with Gasteiger partial charge in [-0.1, -0.05) is 19.8 Å². The molecule has 0 spiro atoms. The molecule has 23 heavy (non-hydrogen) atoms. The Bertz CT molecular complexity index is 674. The Kier molecular flexibility index (Phi) is 5.67. The zero-order chi connectivity index (χ0) is 16.8. The third-order valence-corrected chi connectivity index (χ3v) is 3.18. The number of anilines is 1. The number of halogens is 2. The van der Waals surface area contributed by atoms with Gasteiger partial charge >= 0.3 is 0 Å². The zero-order valence-electron chi connectivity index (χ0n) is 13.2. The molecule has 1 aromatic heterocycles. The van der Waals surface area contributed by atoms with Crippen LogP contribution in [-0.2, 0) is 0 Å². The van der Waals surface area contributed by atoms with E-state index in [0.29, 0.717) is 12.3 Å². The lowest BCUT2D eigenvalue weighted by atomic mass is 10.2. The summed E-state index contributed by atoms with van der Waals surface area (Å²) in [7, 11) is 0. The van der Waals surface area contributed by atoms with Crippen LogP contribution < -0.4 is 10.5 Å². The molecule has 0 amide bonds. The van der Waals surface area contributed by atoms with Crippen molar-refractivity contribution in [3.63, 3.8) is 0 Å². The molecule has 1 aromatic carbocycles. The third kappa shape index (κ3) is 4.51. The van der Waals surface area contributed by atoms with E-state index in [1.54, 1.807) is 13.1 Å². The molecule has 2 N–H and O–H groups in total. The number of aryl methyl sites for hydroxylation is 1. The Morgan fingerprint density at radius 3 is 2.57 bits per heavy atom. The highest BCUT2D eigenvalue weighted by atomic mass is 19.1. The quantitative estimate of drug-likeness (QED) is 0.627. The van der Waals surface area contributed by atoms with Crippen LogP contribution in [0.15, 0.2) is 23.4 Å². The first kappa shape index (κ1) is 16.9. The number of unbranched alkanes of at least 4 members (excludes halogenated alkanes) is 2. The van der Waals surface area contributed by atoms with Crippen molar-refractivity contribution in [2.75, 3.05) is 12.3 Å². The molecule has 0 aliphatic carbocycles. The smallest absolute Gasteiger partial charge is 0.221 e. The van der Waals surface area contributed by atoms with Gasteiger partial charge < -0.3 is 10.5 Å². The standard InChI is InChI=1S/C16H20F2N4O/c1-3-4-5-6-23-15-13(17)7-12(8-14(15)18)9-20-22-10-11(2)21-16(22)19/h7-10H,3-6H2,1-2H3,(H2,19,21). The molecule has 0 bridgehead atoms. The summed E-state index contributed by atoms with van der Waals surface area (Å²) >= 11 is 0. The van der Waals surface area contributed by atoms with Crippen molar-refractivity contribution in [1.82, 2.24) is 9.66 Å². The Balaban J connectivity index is 2.11. The monoisotopic (exact) mass is 322 g/mol. The predicted octanol–water partition coefficient (Wildman–Crippen LogP) is 3.50. The van der Waals surface area contributed by atoms with Gasteiger partial charge in [0.25, 0.3) is 0 Å². The summed E-state index contributed by atoms with van der Waals surface area (Å²) in [5.41, 5.74) is 6.61. The fourth-order valence-corrected chi connectivity index (χ4v) is 2.04. The van der Waals surface area contributed by atoms with Crippen molar-refractivity contribution in [2.24, 2.45) is 5.10 Å². The minimum absolute atomic E-state index is 0.204. The van der Waals surface area contributed by atoms with Crippen LogP contribution in [0.3, 0.4) is 0 Å². The molecule has 0 saturated carbocycles. The van der Waals surface area contributed by atoms with Crippen LogP contribution in [0, 0.1) is 18.6 Å². The molecule has 0 saturated heterocycles. The molecular weight excluding hydrogens is 302 g/mol. The van der Waals surface area contributed by atoms with E-state index >= 15 is 0 Å². The van der Waals surface area contributed by atoms with E-state index in [-0.39, 0.29) is 17.3 Å². The molecule has 124 valence electrons. The molecule has 0 aliphatic heterocycles. The van der Waals surface area contributed by atoms with Crippen LogP contribution in [0.4, 0.5) is 14.7 Å². The number of hydrogen-bond donors (Lipinski definition) is 1. The first-order valence-corrected chi connectivity index (χ1v) is 7.49. The van der Waals surface area contributed by atoms with Crippen molar-refractivity contribution in [1.29, 1.82) is 0 Å². The molecule has 5 nitrogen and oxygen atoms in total. The van der Waals surface area contributed by atoms with Crippen LogP contribution >= 0.6 is 0 Å². The van der Waals surface area contributed by atoms with Gasteiger partial charge in [0.15, 0.2) is 17.4 Å². The van der Waals surface area contributed by atoms with E-state index in [1.807, 2.05) is 6.92 Å². The van der Waals surface area contributed by atoms with Crippen molar-refractivity contribution < 1.29 is 13.5 Å². The second-order valence-corrected chi connectivity index (χ2v) is 5.20. The molecule has 7 heteroatoms. The lowest BCUT2D eigenvalue weighted by Crippen LogP contribution is -2.03. The predicted molar refractivity (Wildman–Crippen MR) is 85.7 cm³/mol. The van der Waals surface area contributed by atoms with Gasteiger partial charge in [-0.05, 0) is 25.5 Å². The minimum atomic E-state index is -0.752. The van der Waals surface area contributed by atoms with E-state index in [0.717, 1.165) is 19.3 Å². The molecular formula is C16H20F2N4O. The fourth-order valence-electron chi connectivity index (χ4n) is 2.04. The van der Waals surface area contributed by atoms with Gasteiger partial charge in [-0.15, -0.1) is 0 Å². The van der Waals surface area contributed by atoms with Gasteiger partial charge in [0.2, 0.25) is 5.95 Å². The van der Waals surface area contributed by atoms with Gasteiger partial charge in [0.1, 0.15) is 0 Å². The highest BCUT2D eigenvalue weighted by Gasteiger charge is 2.12. The number of nitrogens with zero attached hydrogens (tertiary/aromatic N) is 3. The maximum absolute atomic E-state index is 14.0. The lowest BCUT2D eigenvalue weighted by Gasteiger charge is -2.08. The summed E-state index contributed by atoms with van der Waals surface area (Å²) in [5, 5.41) is 4.03. The number of aromatic nitrogens is 2. The second kappa shape index (κ2) is 7.71. The van der Waals surface area contributed by atoms with Crippen LogP contribution in [0.1, 0.15) is 37.4 Å². The van der Waals surface area contributed by atoms with E-state index in [2.05, 4.69) is 10.1 Å². The van der Waals surface area contributed by atoms with E-state index < -0.39 is 11.6 Å². The van der Waals surface area contributed by atoms with Gasteiger partial charge in [-0.2, -0.15) is 5.10 Å². The number of nitrogens with two attached hydrogens (primary N) is 1. The van der Waals surface area contributed by atoms with Gasteiger partial charge in [-0.25, -0.2) is 18.4 Å². The summed E-state index contributed by atoms with van der Waals surface area (Å²) in [6.45, 7) is 4.11. The molecule has 0 fully saturated rings. The minimum Gasteiger partial charge on any atom is -0.488 e. The Morgan fingerprint density at radius 1 is 1.30 bits per heavy atom. The summed E-state index contributed by atoms with van der Waals surface area (Å²) in [6, 6.07) is 2.34. The molecule has 0 atom stereocenters. The molecule has 2 rings (SSSR count). The average Bonchev–Trinajstić information content (AvgIpc) is 2.81. The summed E-state index contributed by atoms with van der Waals surface area (Å²) in [5.74, 6) is -1.65. The number of benzene rings is 1. The van der Waals surface area contributed by atoms with E-state index in [1.165, 1.54) is 23.0 Å². The molecule has 0 unspecified atom stereocenters. The van der Waals surface area contributed by atoms with E-state index in [9.17, 15) is 8.78 Å². The Hall–Kier alpha value is -2.44. The van der Waals surface area contributed by atoms with Crippen molar-refractivity contribution >= 4 is 12.2 Å². The fraction of sp³-hybridized carbons (Fsp3) is 0.375. The second-order valence-electron chi connectivity index (χ2n) is 5.20. The average molecular weight is 322 g/mol. The Labute approximate surface area is 133 Å². The first-order chi connectivity index (χ1) is 11.0.